The predicted molar refractivity (Wildman–Crippen MR) is 108 cm³/mol. The lowest BCUT2D eigenvalue weighted by molar-refractivity contribution is -0.130. The number of aryl methyl sites for hydroxylation is 2. The normalized spacial score (nSPS) is 18.5. The Hall–Kier alpha value is -3.75. The van der Waals surface area contributed by atoms with Crippen LogP contribution in [0.4, 0.5) is 9.18 Å². The number of nitrogens with zero attached hydrogens (tertiary/aromatic N) is 3. The van der Waals surface area contributed by atoms with Crippen molar-refractivity contribution in [2.24, 2.45) is 0 Å². The van der Waals surface area contributed by atoms with Crippen LogP contribution >= 0.6 is 0 Å². The minimum absolute atomic E-state index is 0.383. The Morgan fingerprint density at radius 3 is 2.45 bits per heavy atom. The number of carbonyl (C=O) groups is 3. The number of imide groups is 1. The van der Waals surface area contributed by atoms with Crippen LogP contribution in [0.1, 0.15) is 40.0 Å². The lowest BCUT2D eigenvalue weighted by atomic mass is 9.92. The zero-order valence-electron chi connectivity index (χ0n) is 17.5. The van der Waals surface area contributed by atoms with E-state index in [2.05, 4.69) is 10.5 Å². The van der Waals surface area contributed by atoms with Gasteiger partial charge < -0.3 is 9.84 Å². The molecule has 9 heteroatoms. The molecule has 1 aromatic carbocycles. The van der Waals surface area contributed by atoms with Crippen LogP contribution in [-0.4, -0.2) is 38.9 Å². The highest BCUT2D eigenvalue weighted by molar-refractivity contribution is 6.11. The average Bonchev–Trinajstić information content (AvgIpc) is 3.33. The van der Waals surface area contributed by atoms with Gasteiger partial charge in [0, 0.05) is 23.0 Å². The van der Waals surface area contributed by atoms with Crippen LogP contribution in [-0.2, 0) is 10.3 Å². The fraction of sp³-hybridized carbons (Fsp3) is 0.273. The van der Waals surface area contributed by atoms with Gasteiger partial charge in [0.2, 0.25) is 0 Å². The number of nitrogens with one attached hydrogen (secondary N) is 1. The molecule has 1 aliphatic rings. The third-order valence-corrected chi connectivity index (χ3v) is 5.57. The smallest absolute Gasteiger partial charge is 0.325 e. The van der Waals surface area contributed by atoms with Crippen LogP contribution in [0.5, 0.6) is 0 Å². The van der Waals surface area contributed by atoms with Gasteiger partial charge in [0.25, 0.3) is 5.91 Å². The van der Waals surface area contributed by atoms with E-state index in [1.165, 1.54) is 31.2 Å². The number of Topliss-reactive ketones (excluding diaryl/α,β-unsaturated/α-hetero) is 1. The number of rotatable bonds is 5. The zero-order valence-corrected chi connectivity index (χ0v) is 17.5. The van der Waals surface area contributed by atoms with Crippen molar-refractivity contribution in [3.63, 3.8) is 0 Å². The highest BCUT2D eigenvalue weighted by Gasteiger charge is 2.49. The monoisotopic (exact) mass is 424 g/mol. The minimum atomic E-state index is -1.37. The van der Waals surface area contributed by atoms with Crippen molar-refractivity contribution in [1.82, 2.24) is 19.9 Å². The lowest BCUT2D eigenvalue weighted by Crippen LogP contribution is -2.41. The third kappa shape index (κ3) is 3.31. The first-order valence-corrected chi connectivity index (χ1v) is 9.68. The molecule has 8 nitrogen and oxygen atoms in total. The fourth-order valence-electron chi connectivity index (χ4n) is 3.90. The number of ketones is 1. The first kappa shape index (κ1) is 20.5. The molecular weight excluding hydrogens is 403 g/mol. The number of benzene rings is 1. The van der Waals surface area contributed by atoms with Crippen LogP contribution in [0.15, 0.2) is 40.9 Å². The molecule has 3 amide bonds. The Morgan fingerprint density at radius 1 is 1.16 bits per heavy atom. The second-order valence-corrected chi connectivity index (χ2v) is 7.79. The van der Waals surface area contributed by atoms with E-state index in [0.717, 1.165) is 10.6 Å². The molecular formula is C22H21FN4O4. The summed E-state index contributed by atoms with van der Waals surface area (Å²) in [5.41, 5.74) is 0.836. The van der Waals surface area contributed by atoms with E-state index in [4.69, 9.17) is 4.52 Å². The molecule has 3 aromatic rings. The number of halogens is 1. The first-order chi connectivity index (χ1) is 14.6. The summed E-state index contributed by atoms with van der Waals surface area (Å²) in [6.07, 6.45) is 0. The number of amides is 3. The van der Waals surface area contributed by atoms with E-state index >= 15 is 0 Å². The van der Waals surface area contributed by atoms with Gasteiger partial charge in [0.15, 0.2) is 11.6 Å². The van der Waals surface area contributed by atoms with Gasteiger partial charge in [-0.05, 0) is 51.5 Å². The summed E-state index contributed by atoms with van der Waals surface area (Å²) < 4.78 is 20.2. The van der Waals surface area contributed by atoms with Crippen molar-refractivity contribution in [2.75, 3.05) is 6.54 Å². The van der Waals surface area contributed by atoms with Crippen LogP contribution in [0.3, 0.4) is 0 Å². The Kier molecular flexibility index (Phi) is 4.76. The van der Waals surface area contributed by atoms with Crippen LogP contribution in [0.25, 0.3) is 5.82 Å². The average molecular weight is 424 g/mol. The van der Waals surface area contributed by atoms with Crippen LogP contribution in [0.2, 0.25) is 0 Å². The maximum absolute atomic E-state index is 13.3. The van der Waals surface area contributed by atoms with Gasteiger partial charge in [-0.25, -0.2) is 9.18 Å². The molecule has 1 saturated heterocycles. The molecule has 3 heterocycles. The van der Waals surface area contributed by atoms with E-state index in [1.54, 1.807) is 30.5 Å². The van der Waals surface area contributed by atoms with Crippen molar-refractivity contribution in [1.29, 1.82) is 0 Å². The summed E-state index contributed by atoms with van der Waals surface area (Å²) in [6.45, 7) is 6.48. The van der Waals surface area contributed by atoms with Crippen molar-refractivity contribution in [3.05, 3.63) is 70.5 Å². The largest absolute Gasteiger partial charge is 0.360 e. The molecule has 0 radical (unpaired) electrons. The van der Waals surface area contributed by atoms with Gasteiger partial charge in [0.05, 0.1) is 6.54 Å². The molecule has 1 unspecified atom stereocenters. The maximum atomic E-state index is 13.3. The number of carbonyl (C=O) groups excluding carboxylic acids is 3. The molecule has 1 N–H and O–H groups in total. The fourth-order valence-corrected chi connectivity index (χ4v) is 3.90. The second kappa shape index (κ2) is 7.19. The van der Waals surface area contributed by atoms with E-state index in [1.807, 2.05) is 6.92 Å². The van der Waals surface area contributed by atoms with Crippen molar-refractivity contribution >= 4 is 17.7 Å². The summed E-state index contributed by atoms with van der Waals surface area (Å²) in [4.78, 5) is 39.5. The summed E-state index contributed by atoms with van der Waals surface area (Å²) in [6, 6.07) is 8.08. The van der Waals surface area contributed by atoms with Crippen molar-refractivity contribution in [3.8, 4) is 5.82 Å². The molecule has 0 aliphatic carbocycles. The van der Waals surface area contributed by atoms with Gasteiger partial charge in [-0.15, -0.1) is 0 Å². The molecule has 1 fully saturated rings. The Labute approximate surface area is 177 Å². The topological polar surface area (TPSA) is 97.4 Å². The first-order valence-electron chi connectivity index (χ1n) is 9.68. The molecule has 0 bridgehead atoms. The SMILES string of the molecule is Cc1cc(-n2c(C)cc(C(=O)CN3C(=O)NC(C)(c4ccc(F)cc4)C3=O)c2C)no1. The third-order valence-electron chi connectivity index (χ3n) is 5.57. The minimum Gasteiger partial charge on any atom is -0.360 e. The van der Waals surface area contributed by atoms with Crippen molar-refractivity contribution < 1.29 is 23.3 Å². The van der Waals surface area contributed by atoms with Gasteiger partial charge >= 0.3 is 6.03 Å². The molecule has 0 saturated carbocycles. The van der Waals surface area contributed by atoms with Crippen LogP contribution in [0, 0.1) is 26.6 Å². The molecule has 1 atom stereocenters. The van der Waals surface area contributed by atoms with Crippen LogP contribution < -0.4 is 5.32 Å². The standard InChI is InChI=1S/C22H21FN4O4/c1-12-9-17(14(3)27(12)19-10-13(2)31-25-19)18(28)11-26-20(29)22(4,24-21(26)30)15-5-7-16(23)8-6-15/h5-10H,11H2,1-4H3,(H,24,30). The van der Waals surface area contributed by atoms with Gasteiger partial charge in [-0.1, -0.05) is 17.3 Å². The van der Waals surface area contributed by atoms with Gasteiger partial charge in [-0.2, -0.15) is 0 Å². The Bertz CT molecular complexity index is 1210. The van der Waals surface area contributed by atoms with Gasteiger partial charge in [-0.3, -0.25) is 19.1 Å². The number of urea groups is 1. The molecule has 1 aliphatic heterocycles. The summed E-state index contributed by atoms with van der Waals surface area (Å²) in [5, 5.41) is 6.61. The van der Waals surface area contributed by atoms with Crippen molar-refractivity contribution in [2.45, 2.75) is 33.2 Å². The number of hydrogen-bond acceptors (Lipinski definition) is 5. The molecule has 2 aromatic heterocycles. The quantitative estimate of drug-likeness (QED) is 0.501. The summed E-state index contributed by atoms with van der Waals surface area (Å²) >= 11 is 0. The molecule has 160 valence electrons. The van der Waals surface area contributed by atoms with E-state index < -0.39 is 29.8 Å². The van der Waals surface area contributed by atoms with E-state index in [-0.39, 0.29) is 5.78 Å². The highest BCUT2D eigenvalue weighted by atomic mass is 19.1. The highest BCUT2D eigenvalue weighted by Crippen LogP contribution is 2.29. The van der Waals surface area contributed by atoms with Gasteiger partial charge in [0.1, 0.15) is 17.1 Å². The number of aromatic nitrogens is 2. The summed E-state index contributed by atoms with van der Waals surface area (Å²) in [7, 11) is 0. The predicted octanol–water partition coefficient (Wildman–Crippen LogP) is 3.18. The number of hydrogen-bond donors (Lipinski definition) is 1. The Balaban J connectivity index is 1.60. The Morgan fingerprint density at radius 2 is 1.84 bits per heavy atom. The molecule has 31 heavy (non-hydrogen) atoms. The second-order valence-electron chi connectivity index (χ2n) is 7.79. The van der Waals surface area contributed by atoms with E-state index in [0.29, 0.717) is 28.4 Å². The summed E-state index contributed by atoms with van der Waals surface area (Å²) in [5.74, 6) is -0.223. The molecule has 0 spiro atoms. The molecule has 4 rings (SSSR count). The maximum Gasteiger partial charge on any atom is 0.325 e. The van der Waals surface area contributed by atoms with E-state index in [9.17, 15) is 18.8 Å². The lowest BCUT2D eigenvalue weighted by Gasteiger charge is -2.22. The zero-order chi connectivity index (χ0) is 22.5.